The minimum Gasteiger partial charge on any atom is -0.493 e. The predicted octanol–water partition coefficient (Wildman–Crippen LogP) is 2.55. The summed E-state index contributed by atoms with van der Waals surface area (Å²) in [6.07, 6.45) is 0.270. The number of carbonyl (C=O) groups excluding carboxylic acids is 2. The van der Waals surface area contributed by atoms with Crippen molar-refractivity contribution in [3.63, 3.8) is 0 Å². The number of ether oxygens (including phenoxy) is 2. The molecule has 6 nitrogen and oxygen atoms in total. The molecule has 0 spiro atoms. The van der Waals surface area contributed by atoms with Gasteiger partial charge in [-0.15, -0.1) is 0 Å². The summed E-state index contributed by atoms with van der Waals surface area (Å²) in [5, 5.41) is 2.95. The van der Waals surface area contributed by atoms with Crippen molar-refractivity contribution in [2.75, 3.05) is 25.7 Å². The fraction of sp³-hybridized carbons (Fsp3) is 0.300. The average Bonchev–Trinajstić information content (AvgIpc) is 3.01. The molecule has 26 heavy (non-hydrogen) atoms. The monoisotopic (exact) mass is 354 g/mol. The second-order valence-electron chi connectivity index (χ2n) is 6.29. The number of aryl methyl sites for hydroxylation is 1. The molecule has 0 bridgehead atoms. The van der Waals surface area contributed by atoms with Crippen molar-refractivity contribution in [3.05, 3.63) is 53.6 Å². The zero-order valence-corrected chi connectivity index (χ0v) is 15.1. The molecule has 136 valence electrons. The Bertz CT molecular complexity index is 834. The minimum absolute atomic E-state index is 0.0354. The van der Waals surface area contributed by atoms with Crippen LogP contribution in [0.25, 0.3) is 0 Å². The highest BCUT2D eigenvalue weighted by Crippen LogP contribution is 2.33. The molecule has 1 N–H and O–H groups in total. The summed E-state index contributed by atoms with van der Waals surface area (Å²) in [6.45, 7) is 2.36. The smallest absolute Gasteiger partial charge is 0.251 e. The Balaban J connectivity index is 1.72. The van der Waals surface area contributed by atoms with Gasteiger partial charge in [0.25, 0.3) is 5.91 Å². The lowest BCUT2D eigenvalue weighted by Crippen LogP contribution is -2.37. The molecule has 6 heteroatoms. The Morgan fingerprint density at radius 1 is 1.12 bits per heavy atom. The molecule has 1 aliphatic rings. The van der Waals surface area contributed by atoms with Crippen LogP contribution in [0.15, 0.2) is 42.5 Å². The van der Waals surface area contributed by atoms with Crippen molar-refractivity contribution < 1.29 is 19.1 Å². The normalized spacial score (nSPS) is 16.5. The quantitative estimate of drug-likeness (QED) is 0.896. The molecule has 0 radical (unpaired) electrons. The highest BCUT2D eigenvalue weighted by molar-refractivity contribution is 5.99. The van der Waals surface area contributed by atoms with Crippen molar-refractivity contribution in [2.45, 2.75) is 19.4 Å². The SMILES string of the molecule is COc1ccc(N2C[C@@H](NC(=O)c3cccc(C)c3)CC2=O)cc1OC. The van der Waals surface area contributed by atoms with Gasteiger partial charge in [0.05, 0.1) is 20.3 Å². The van der Waals surface area contributed by atoms with E-state index in [1.807, 2.05) is 31.2 Å². The third-order valence-corrected chi connectivity index (χ3v) is 4.42. The van der Waals surface area contributed by atoms with E-state index in [2.05, 4.69) is 5.32 Å². The number of hydrogen-bond acceptors (Lipinski definition) is 4. The standard InChI is InChI=1S/C20H22N2O4/c1-13-5-4-6-14(9-13)20(24)21-15-10-19(23)22(12-15)16-7-8-17(25-2)18(11-16)26-3/h4-9,11,15H,10,12H2,1-3H3,(H,21,24)/t15-/m0/s1. The Labute approximate surface area is 152 Å². The van der Waals surface area contributed by atoms with Crippen molar-refractivity contribution >= 4 is 17.5 Å². The molecule has 3 rings (SSSR count). The third kappa shape index (κ3) is 3.64. The molecular formula is C20H22N2O4. The van der Waals surface area contributed by atoms with Crippen LogP contribution in [-0.2, 0) is 4.79 Å². The van der Waals surface area contributed by atoms with Gasteiger partial charge in [0.15, 0.2) is 11.5 Å². The van der Waals surface area contributed by atoms with E-state index in [0.717, 1.165) is 11.3 Å². The van der Waals surface area contributed by atoms with E-state index < -0.39 is 0 Å². The minimum atomic E-state index is -0.233. The van der Waals surface area contributed by atoms with E-state index in [1.54, 1.807) is 37.3 Å². The molecule has 0 unspecified atom stereocenters. The summed E-state index contributed by atoms with van der Waals surface area (Å²) in [4.78, 5) is 26.5. The number of rotatable bonds is 5. The van der Waals surface area contributed by atoms with Crippen LogP contribution in [0.3, 0.4) is 0 Å². The Morgan fingerprint density at radius 3 is 2.58 bits per heavy atom. The van der Waals surface area contributed by atoms with Gasteiger partial charge in [0, 0.05) is 30.3 Å². The van der Waals surface area contributed by atoms with Crippen LogP contribution in [0.2, 0.25) is 0 Å². The third-order valence-electron chi connectivity index (χ3n) is 4.42. The molecule has 1 fully saturated rings. The molecule has 1 heterocycles. The van der Waals surface area contributed by atoms with E-state index in [9.17, 15) is 9.59 Å². The maximum Gasteiger partial charge on any atom is 0.251 e. The average molecular weight is 354 g/mol. The van der Waals surface area contributed by atoms with Crippen LogP contribution in [-0.4, -0.2) is 38.6 Å². The van der Waals surface area contributed by atoms with Crippen molar-refractivity contribution in [2.24, 2.45) is 0 Å². The van der Waals surface area contributed by atoms with Crippen LogP contribution < -0.4 is 19.7 Å². The molecule has 2 amide bonds. The summed E-state index contributed by atoms with van der Waals surface area (Å²) in [7, 11) is 3.12. The van der Waals surface area contributed by atoms with Gasteiger partial charge in [-0.3, -0.25) is 9.59 Å². The summed E-state index contributed by atoms with van der Waals surface area (Å²) < 4.78 is 10.5. The van der Waals surface area contributed by atoms with Crippen LogP contribution in [0, 0.1) is 6.92 Å². The maximum absolute atomic E-state index is 12.4. The summed E-state index contributed by atoms with van der Waals surface area (Å²) in [6, 6.07) is 12.5. The molecule has 0 aromatic heterocycles. The topological polar surface area (TPSA) is 67.9 Å². The van der Waals surface area contributed by atoms with Gasteiger partial charge in [-0.05, 0) is 31.2 Å². The lowest BCUT2D eigenvalue weighted by Gasteiger charge is -2.19. The van der Waals surface area contributed by atoms with E-state index >= 15 is 0 Å². The molecule has 1 atom stereocenters. The molecule has 1 aliphatic heterocycles. The number of methoxy groups -OCH3 is 2. The second-order valence-corrected chi connectivity index (χ2v) is 6.29. The van der Waals surface area contributed by atoms with Gasteiger partial charge in [0.1, 0.15) is 0 Å². The van der Waals surface area contributed by atoms with Gasteiger partial charge in [0.2, 0.25) is 5.91 Å². The lowest BCUT2D eigenvalue weighted by molar-refractivity contribution is -0.117. The van der Waals surface area contributed by atoms with Crippen molar-refractivity contribution in [1.82, 2.24) is 5.32 Å². The molecule has 0 aliphatic carbocycles. The molecule has 1 saturated heterocycles. The van der Waals surface area contributed by atoms with Crippen LogP contribution >= 0.6 is 0 Å². The summed E-state index contributed by atoms with van der Waals surface area (Å²) in [5.41, 5.74) is 2.34. The van der Waals surface area contributed by atoms with Gasteiger partial charge in [-0.2, -0.15) is 0 Å². The van der Waals surface area contributed by atoms with E-state index in [0.29, 0.717) is 23.6 Å². The first-order valence-electron chi connectivity index (χ1n) is 8.41. The van der Waals surface area contributed by atoms with Crippen molar-refractivity contribution in [1.29, 1.82) is 0 Å². The number of benzene rings is 2. The number of amides is 2. The Kier molecular flexibility index (Phi) is 5.11. The summed E-state index contributed by atoms with van der Waals surface area (Å²) in [5.74, 6) is 0.963. The first-order valence-corrected chi connectivity index (χ1v) is 8.41. The zero-order valence-electron chi connectivity index (χ0n) is 15.1. The largest absolute Gasteiger partial charge is 0.493 e. The maximum atomic E-state index is 12.4. The molecule has 2 aromatic carbocycles. The van der Waals surface area contributed by atoms with Gasteiger partial charge < -0.3 is 19.7 Å². The second kappa shape index (κ2) is 7.47. The number of carbonyl (C=O) groups is 2. The zero-order chi connectivity index (χ0) is 18.7. The molecular weight excluding hydrogens is 332 g/mol. The number of nitrogens with one attached hydrogen (secondary N) is 1. The van der Waals surface area contributed by atoms with Crippen LogP contribution in [0.1, 0.15) is 22.3 Å². The van der Waals surface area contributed by atoms with Crippen molar-refractivity contribution in [3.8, 4) is 11.5 Å². The lowest BCUT2D eigenvalue weighted by atomic mass is 10.1. The van der Waals surface area contributed by atoms with Gasteiger partial charge >= 0.3 is 0 Å². The summed E-state index contributed by atoms with van der Waals surface area (Å²) >= 11 is 0. The molecule has 2 aromatic rings. The predicted molar refractivity (Wildman–Crippen MR) is 98.9 cm³/mol. The molecule has 0 saturated carbocycles. The Hall–Kier alpha value is -3.02. The van der Waals surface area contributed by atoms with E-state index in [-0.39, 0.29) is 24.3 Å². The number of anilines is 1. The van der Waals surface area contributed by atoms with Gasteiger partial charge in [-0.25, -0.2) is 0 Å². The highest BCUT2D eigenvalue weighted by atomic mass is 16.5. The van der Waals surface area contributed by atoms with Crippen LogP contribution in [0.5, 0.6) is 11.5 Å². The Morgan fingerprint density at radius 2 is 1.88 bits per heavy atom. The van der Waals surface area contributed by atoms with Gasteiger partial charge in [-0.1, -0.05) is 17.7 Å². The number of hydrogen-bond donors (Lipinski definition) is 1. The number of nitrogens with zero attached hydrogens (tertiary/aromatic N) is 1. The van der Waals surface area contributed by atoms with E-state index in [1.165, 1.54) is 0 Å². The first-order chi connectivity index (χ1) is 12.5. The van der Waals surface area contributed by atoms with E-state index in [4.69, 9.17) is 9.47 Å². The highest BCUT2D eigenvalue weighted by Gasteiger charge is 2.32. The van der Waals surface area contributed by atoms with Crippen LogP contribution in [0.4, 0.5) is 5.69 Å². The first kappa shape index (κ1) is 17.8. The fourth-order valence-electron chi connectivity index (χ4n) is 3.10. The fourth-order valence-corrected chi connectivity index (χ4v) is 3.10.